The molecule has 6 aromatic carbocycles. The number of phenols is 2. The molecule has 0 bridgehead atoms. The van der Waals surface area contributed by atoms with E-state index < -0.39 is 0 Å². The van der Waals surface area contributed by atoms with Crippen LogP contribution >= 0.6 is 0 Å². The monoisotopic (exact) mass is 682 g/mol. The number of ether oxygens (including phenoxy) is 5. The Kier molecular flexibility index (Phi) is 12.5. The van der Waals surface area contributed by atoms with Crippen molar-refractivity contribution in [2.24, 2.45) is 0 Å². The van der Waals surface area contributed by atoms with Gasteiger partial charge in [0.05, 0.1) is 13.2 Å². The van der Waals surface area contributed by atoms with Crippen molar-refractivity contribution in [3.05, 3.63) is 179 Å². The lowest BCUT2D eigenvalue weighted by molar-refractivity contribution is 0.140. The number of phenolic OH excluding ortho intramolecular Hbond substituents is 2. The molecule has 0 saturated carbocycles. The maximum absolute atomic E-state index is 9.41. The second kappa shape index (κ2) is 18.2. The van der Waals surface area contributed by atoms with Crippen molar-refractivity contribution in [3.8, 4) is 34.5 Å². The fourth-order valence-corrected chi connectivity index (χ4v) is 5.20. The molecule has 0 unspecified atom stereocenters. The van der Waals surface area contributed by atoms with E-state index in [1.54, 1.807) is 24.3 Å². The number of hydrogen-bond donors (Lipinski definition) is 2. The van der Waals surface area contributed by atoms with E-state index in [1.807, 2.05) is 97.1 Å². The second-order valence-corrected chi connectivity index (χ2v) is 12.2. The predicted molar refractivity (Wildman–Crippen MR) is 198 cm³/mol. The highest BCUT2D eigenvalue weighted by molar-refractivity contribution is 5.33. The van der Waals surface area contributed by atoms with E-state index in [0.29, 0.717) is 39.6 Å². The molecule has 0 spiro atoms. The summed E-state index contributed by atoms with van der Waals surface area (Å²) < 4.78 is 29.5. The topological polar surface area (TPSA) is 86.6 Å². The van der Waals surface area contributed by atoms with Gasteiger partial charge in [-0.1, -0.05) is 72.8 Å². The summed E-state index contributed by atoms with van der Waals surface area (Å²) in [6, 6.07) is 46.1. The summed E-state index contributed by atoms with van der Waals surface area (Å²) in [4.78, 5) is 0. The lowest BCUT2D eigenvalue weighted by atomic mass is 10.1. The first-order chi connectivity index (χ1) is 25.0. The highest BCUT2D eigenvalue weighted by Crippen LogP contribution is 2.21. The SMILES string of the molecule is Oc1ccc(COc2ccc(COc3ccc(CCOCCc4ccc(OCc5ccc(OCc6ccc(O)cc6)cc5)cc4)cc3)cc2)cc1. The average Bonchev–Trinajstić information content (AvgIpc) is 3.17. The van der Waals surface area contributed by atoms with Gasteiger partial charge in [-0.25, -0.2) is 0 Å². The van der Waals surface area contributed by atoms with Crippen molar-refractivity contribution < 1.29 is 33.9 Å². The Morgan fingerprint density at radius 3 is 0.804 bits per heavy atom. The van der Waals surface area contributed by atoms with Crippen LogP contribution in [-0.4, -0.2) is 23.4 Å². The minimum atomic E-state index is 0.247. The first kappa shape index (κ1) is 34.9. The van der Waals surface area contributed by atoms with Gasteiger partial charge < -0.3 is 33.9 Å². The third-order valence-electron chi connectivity index (χ3n) is 8.26. The second-order valence-electron chi connectivity index (χ2n) is 12.2. The summed E-state index contributed by atoms with van der Waals surface area (Å²) in [7, 11) is 0. The average molecular weight is 683 g/mol. The molecule has 0 aromatic heterocycles. The summed E-state index contributed by atoms with van der Waals surface area (Å²) >= 11 is 0. The summed E-state index contributed by atoms with van der Waals surface area (Å²) in [6.07, 6.45) is 1.67. The smallest absolute Gasteiger partial charge is 0.119 e. The maximum Gasteiger partial charge on any atom is 0.119 e. The van der Waals surface area contributed by atoms with Crippen LogP contribution in [0.25, 0.3) is 0 Å². The van der Waals surface area contributed by atoms with E-state index in [9.17, 15) is 10.2 Å². The van der Waals surface area contributed by atoms with Crippen LogP contribution in [0, 0.1) is 0 Å². The zero-order valence-corrected chi connectivity index (χ0v) is 28.4. The number of rotatable bonds is 18. The van der Waals surface area contributed by atoms with Crippen LogP contribution in [0.4, 0.5) is 0 Å². The normalized spacial score (nSPS) is 10.8. The molecule has 7 heteroatoms. The lowest BCUT2D eigenvalue weighted by Gasteiger charge is -2.10. The number of benzene rings is 6. The molecule has 0 aliphatic carbocycles. The zero-order valence-electron chi connectivity index (χ0n) is 28.4. The van der Waals surface area contributed by atoms with Crippen LogP contribution in [0.5, 0.6) is 34.5 Å². The van der Waals surface area contributed by atoms with Gasteiger partial charge in [-0.2, -0.15) is 0 Å². The van der Waals surface area contributed by atoms with Crippen LogP contribution < -0.4 is 18.9 Å². The molecule has 0 radical (unpaired) electrons. The van der Waals surface area contributed by atoms with Gasteiger partial charge in [0, 0.05) is 0 Å². The molecule has 260 valence electrons. The van der Waals surface area contributed by atoms with Crippen LogP contribution in [0.15, 0.2) is 146 Å². The van der Waals surface area contributed by atoms with Crippen molar-refractivity contribution in [2.45, 2.75) is 39.3 Å². The Balaban J connectivity index is 0.824. The van der Waals surface area contributed by atoms with Gasteiger partial charge in [-0.3, -0.25) is 0 Å². The molecule has 0 aliphatic heterocycles. The highest BCUT2D eigenvalue weighted by Gasteiger charge is 2.03. The third kappa shape index (κ3) is 11.6. The zero-order chi connectivity index (χ0) is 35.1. The van der Waals surface area contributed by atoms with Crippen molar-refractivity contribution >= 4 is 0 Å². The molecule has 0 fully saturated rings. The molecule has 2 N–H and O–H groups in total. The first-order valence-corrected chi connectivity index (χ1v) is 17.0. The number of aromatic hydroxyl groups is 2. The van der Waals surface area contributed by atoms with Crippen LogP contribution in [0.2, 0.25) is 0 Å². The molecule has 6 rings (SSSR count). The Hall–Kier alpha value is -5.92. The molecule has 7 nitrogen and oxygen atoms in total. The largest absolute Gasteiger partial charge is 0.508 e. The third-order valence-corrected chi connectivity index (χ3v) is 8.26. The Morgan fingerprint density at radius 1 is 0.294 bits per heavy atom. The standard InChI is InChI=1S/C44H42O7/c45-39-13-1-35(2-14-39)29-48-43-21-9-37(10-22-43)31-50-41-17-5-33(6-18-41)25-27-47-28-26-34-7-19-42(20-8-34)51-32-38-11-23-44(24-12-38)49-30-36-3-15-40(46)16-4-36/h1-24,45-46H,25-32H2. The summed E-state index contributed by atoms with van der Waals surface area (Å²) in [5, 5.41) is 18.8. The van der Waals surface area contributed by atoms with Gasteiger partial charge in [0.1, 0.15) is 60.9 Å². The first-order valence-electron chi connectivity index (χ1n) is 17.0. The van der Waals surface area contributed by atoms with Crippen LogP contribution in [0.3, 0.4) is 0 Å². The highest BCUT2D eigenvalue weighted by atomic mass is 16.5. The minimum absolute atomic E-state index is 0.247. The summed E-state index contributed by atoms with van der Waals surface area (Å²) in [6.45, 7) is 3.15. The van der Waals surface area contributed by atoms with Crippen LogP contribution in [0.1, 0.15) is 33.4 Å². The Bertz CT molecular complexity index is 1740. The van der Waals surface area contributed by atoms with E-state index in [0.717, 1.165) is 58.1 Å². The predicted octanol–water partition coefficient (Wildman–Crippen LogP) is 9.22. The Labute approximate surface area is 299 Å². The molecule has 0 amide bonds. The van der Waals surface area contributed by atoms with Crippen molar-refractivity contribution in [3.63, 3.8) is 0 Å². The molecule has 0 heterocycles. The van der Waals surface area contributed by atoms with Gasteiger partial charge in [-0.05, 0) is 119 Å². The Morgan fingerprint density at radius 2 is 0.529 bits per heavy atom. The van der Waals surface area contributed by atoms with Gasteiger partial charge in [0.15, 0.2) is 0 Å². The van der Waals surface area contributed by atoms with Crippen molar-refractivity contribution in [1.29, 1.82) is 0 Å². The lowest BCUT2D eigenvalue weighted by Crippen LogP contribution is -2.03. The van der Waals surface area contributed by atoms with Crippen LogP contribution in [-0.2, 0) is 44.0 Å². The van der Waals surface area contributed by atoms with Gasteiger partial charge in [0.25, 0.3) is 0 Å². The fraction of sp³-hybridized carbons (Fsp3) is 0.182. The number of hydrogen-bond acceptors (Lipinski definition) is 7. The van der Waals surface area contributed by atoms with Gasteiger partial charge in [-0.15, -0.1) is 0 Å². The quantitative estimate of drug-likeness (QED) is 0.0875. The van der Waals surface area contributed by atoms with E-state index in [4.69, 9.17) is 23.7 Å². The van der Waals surface area contributed by atoms with Gasteiger partial charge >= 0.3 is 0 Å². The van der Waals surface area contributed by atoms with Crippen molar-refractivity contribution in [2.75, 3.05) is 13.2 Å². The van der Waals surface area contributed by atoms with E-state index in [-0.39, 0.29) is 11.5 Å². The van der Waals surface area contributed by atoms with E-state index in [2.05, 4.69) is 24.3 Å². The molecule has 0 saturated heterocycles. The molecular weight excluding hydrogens is 640 g/mol. The van der Waals surface area contributed by atoms with Crippen molar-refractivity contribution in [1.82, 2.24) is 0 Å². The van der Waals surface area contributed by atoms with E-state index in [1.165, 1.54) is 11.1 Å². The molecule has 0 atom stereocenters. The summed E-state index contributed by atoms with van der Waals surface area (Å²) in [5.41, 5.74) is 6.52. The molecule has 6 aromatic rings. The van der Waals surface area contributed by atoms with E-state index >= 15 is 0 Å². The minimum Gasteiger partial charge on any atom is -0.508 e. The molecule has 0 aliphatic rings. The molecular formula is C44H42O7. The summed E-state index contributed by atoms with van der Waals surface area (Å²) in [5.74, 6) is 3.71. The van der Waals surface area contributed by atoms with Gasteiger partial charge in [0.2, 0.25) is 0 Å². The molecule has 51 heavy (non-hydrogen) atoms. The maximum atomic E-state index is 9.41. The fourth-order valence-electron chi connectivity index (χ4n) is 5.20.